The van der Waals surface area contributed by atoms with E-state index in [0.717, 1.165) is 0 Å². The Kier molecular flexibility index (Phi) is 3.46. The van der Waals surface area contributed by atoms with E-state index in [9.17, 15) is 4.79 Å². The summed E-state index contributed by atoms with van der Waals surface area (Å²) in [5.74, 6) is -0.376. The average molecular weight is 233 g/mol. The molecule has 3 unspecified atom stereocenters. The number of rotatable bonds is 3. The van der Waals surface area contributed by atoms with E-state index in [1.165, 1.54) is 6.92 Å². The molecule has 0 amide bonds. The van der Waals surface area contributed by atoms with Crippen molar-refractivity contribution in [3.8, 4) is 0 Å². The van der Waals surface area contributed by atoms with E-state index in [1.807, 2.05) is 0 Å². The summed E-state index contributed by atoms with van der Waals surface area (Å²) in [4.78, 5) is 10.6. The number of carbonyl (C=O) groups is 1. The molecule has 8 heteroatoms. The van der Waals surface area contributed by atoms with Gasteiger partial charge in [0.25, 0.3) is 0 Å². The second-order valence-corrected chi connectivity index (χ2v) is 3.75. The van der Waals surface area contributed by atoms with E-state index in [0.29, 0.717) is 0 Å². The van der Waals surface area contributed by atoms with Crippen LogP contribution < -0.4 is 0 Å². The maximum Gasteiger partial charge on any atom is 0.532 e. The van der Waals surface area contributed by atoms with Crippen molar-refractivity contribution >= 4 is 12.9 Å². The van der Waals surface area contributed by atoms with Gasteiger partial charge in [-0.2, -0.15) is 0 Å². The lowest BCUT2D eigenvalue weighted by molar-refractivity contribution is -0.143. The molecule has 0 aromatic rings. The number of esters is 1. The van der Waals surface area contributed by atoms with Crippen LogP contribution in [-0.2, 0) is 28.1 Å². The van der Waals surface area contributed by atoms with Crippen LogP contribution in [0.25, 0.3) is 0 Å². The molecule has 2 aliphatic rings. The lowest BCUT2D eigenvalue weighted by Gasteiger charge is -2.28. The summed E-state index contributed by atoms with van der Waals surface area (Å²) in [6.07, 6.45) is -0.811. The minimum absolute atomic E-state index is 0.106. The van der Waals surface area contributed by atoms with Crippen molar-refractivity contribution < 1.29 is 33.3 Å². The Hall–Kier alpha value is -0.665. The van der Waals surface area contributed by atoms with Crippen LogP contribution in [0.2, 0.25) is 0 Å². The van der Waals surface area contributed by atoms with Gasteiger partial charge >= 0.3 is 12.9 Å². The van der Waals surface area contributed by atoms with E-state index in [4.69, 9.17) is 28.5 Å². The monoisotopic (exact) mass is 233 g/mol. The third-order valence-electron chi connectivity index (χ3n) is 2.37. The number of ether oxygens (including phenoxy) is 1. The van der Waals surface area contributed by atoms with E-state index in [2.05, 4.69) is 0 Å². The molecule has 0 radical (unpaired) electrons. The molecule has 0 saturated carbocycles. The van der Waals surface area contributed by atoms with Gasteiger partial charge in [-0.25, -0.2) is 0 Å². The lowest BCUT2D eigenvalue weighted by Crippen LogP contribution is -2.41. The van der Waals surface area contributed by atoms with E-state index in [1.54, 1.807) is 0 Å². The molecule has 7 nitrogen and oxygen atoms in total. The quantitative estimate of drug-likeness (QED) is 0.484. The third-order valence-corrected chi connectivity index (χ3v) is 2.37. The van der Waals surface area contributed by atoms with Crippen molar-refractivity contribution in [1.82, 2.24) is 0 Å². The minimum Gasteiger partial charge on any atom is -0.517 e. The first-order valence-corrected chi connectivity index (χ1v) is 5.14. The summed E-state index contributed by atoms with van der Waals surface area (Å²) < 4.78 is 26.0. The number of aliphatic hydroxyl groups is 1. The van der Waals surface area contributed by atoms with Gasteiger partial charge < -0.3 is 28.5 Å². The highest BCUT2D eigenvalue weighted by molar-refractivity contribution is 6.54. The average Bonchev–Trinajstić information content (AvgIpc) is 2.84. The Morgan fingerprint density at radius 3 is 2.56 bits per heavy atom. The Morgan fingerprint density at radius 1 is 1.38 bits per heavy atom. The Labute approximate surface area is 92.6 Å². The fourth-order valence-electron chi connectivity index (χ4n) is 1.63. The molecule has 3 atom stereocenters. The molecule has 0 aromatic carbocycles. The zero-order valence-electron chi connectivity index (χ0n) is 8.96. The summed E-state index contributed by atoms with van der Waals surface area (Å²) in [6.45, 7) is -0.456. The number of hydrogen-bond acceptors (Lipinski definition) is 7. The summed E-state index contributed by atoms with van der Waals surface area (Å²) in [7, 11) is 0. The van der Waals surface area contributed by atoms with Gasteiger partial charge in [-0.3, -0.25) is 4.79 Å². The molecule has 2 saturated heterocycles. The molecule has 92 valence electrons. The standard InChI is InChI=1S/C8H14BO7/c1-6(11)12-3-8-5-14-9(16-8)13-4-7(2-10)15-9/h7-8,10H,2-5H2,1H3/q-1. The molecule has 16 heavy (non-hydrogen) atoms. The van der Waals surface area contributed by atoms with Gasteiger partial charge in [-0.05, 0) is 0 Å². The zero-order valence-corrected chi connectivity index (χ0v) is 8.96. The van der Waals surface area contributed by atoms with Crippen molar-refractivity contribution in [1.29, 1.82) is 0 Å². The third kappa shape index (κ3) is 2.53. The fraction of sp³-hybridized carbons (Fsp3) is 0.875. The Bertz CT molecular complexity index is 273. The molecule has 1 N–H and O–H groups in total. The molecule has 1 spiro atoms. The van der Waals surface area contributed by atoms with Crippen molar-refractivity contribution in [3.05, 3.63) is 0 Å². The fourth-order valence-corrected chi connectivity index (χ4v) is 1.63. The first-order chi connectivity index (χ1) is 7.63. The topological polar surface area (TPSA) is 83.5 Å². The van der Waals surface area contributed by atoms with Gasteiger partial charge in [0, 0.05) is 20.1 Å². The second-order valence-electron chi connectivity index (χ2n) is 3.75. The zero-order chi connectivity index (χ0) is 11.6. The van der Waals surface area contributed by atoms with Gasteiger partial charge in [0.1, 0.15) is 6.61 Å². The van der Waals surface area contributed by atoms with Crippen LogP contribution >= 0.6 is 0 Å². The molecule has 2 heterocycles. The van der Waals surface area contributed by atoms with Crippen molar-refractivity contribution in [2.24, 2.45) is 0 Å². The maximum absolute atomic E-state index is 10.6. The van der Waals surface area contributed by atoms with Crippen LogP contribution in [0.4, 0.5) is 0 Å². The number of aliphatic hydroxyl groups excluding tert-OH is 1. The largest absolute Gasteiger partial charge is 0.532 e. The van der Waals surface area contributed by atoms with E-state index < -0.39 is 13.1 Å². The van der Waals surface area contributed by atoms with E-state index in [-0.39, 0.29) is 38.5 Å². The molecule has 2 fully saturated rings. The Balaban J connectivity index is 1.81. The van der Waals surface area contributed by atoms with Crippen molar-refractivity contribution in [3.63, 3.8) is 0 Å². The molecule has 2 aliphatic heterocycles. The first-order valence-electron chi connectivity index (χ1n) is 5.14. The van der Waals surface area contributed by atoms with Crippen molar-refractivity contribution in [2.45, 2.75) is 19.1 Å². The maximum atomic E-state index is 10.6. The van der Waals surface area contributed by atoms with Crippen LogP contribution in [0.1, 0.15) is 6.92 Å². The number of hydrogen-bond donors (Lipinski definition) is 1. The van der Waals surface area contributed by atoms with Gasteiger partial charge in [0.2, 0.25) is 0 Å². The first kappa shape index (κ1) is 11.8. The van der Waals surface area contributed by atoms with Gasteiger partial charge in [-0.15, -0.1) is 0 Å². The lowest BCUT2D eigenvalue weighted by atomic mass is 10.1. The van der Waals surface area contributed by atoms with Gasteiger partial charge in [0.05, 0.1) is 18.8 Å². The highest BCUT2D eigenvalue weighted by Crippen LogP contribution is 2.28. The normalized spacial score (nSPS) is 38.1. The Morgan fingerprint density at radius 2 is 2.00 bits per heavy atom. The van der Waals surface area contributed by atoms with Crippen molar-refractivity contribution in [2.75, 3.05) is 26.4 Å². The smallest absolute Gasteiger partial charge is 0.517 e. The number of carbonyl (C=O) groups excluding carboxylic acids is 1. The predicted octanol–water partition coefficient (Wildman–Crippen LogP) is -1.19. The summed E-state index contributed by atoms with van der Waals surface area (Å²) >= 11 is 0. The van der Waals surface area contributed by atoms with Crippen LogP contribution in [0.5, 0.6) is 0 Å². The SMILES string of the molecule is CC(=O)OCC1CO[B-]2(OCC(CO)O2)O1. The van der Waals surface area contributed by atoms with Gasteiger partial charge in [0.15, 0.2) is 0 Å². The molecule has 2 rings (SSSR count). The summed E-state index contributed by atoms with van der Waals surface area (Å²) in [5.41, 5.74) is 0. The van der Waals surface area contributed by atoms with Crippen LogP contribution in [0.15, 0.2) is 0 Å². The molecule has 0 aromatic heterocycles. The predicted molar refractivity (Wildman–Crippen MR) is 51.1 cm³/mol. The highest BCUT2D eigenvalue weighted by Gasteiger charge is 2.46. The van der Waals surface area contributed by atoms with Crippen LogP contribution in [0, 0.1) is 0 Å². The molecule has 0 bridgehead atoms. The van der Waals surface area contributed by atoms with Crippen LogP contribution in [0.3, 0.4) is 0 Å². The summed E-state index contributed by atoms with van der Waals surface area (Å²) in [6, 6.07) is 0. The molecular weight excluding hydrogens is 219 g/mol. The van der Waals surface area contributed by atoms with E-state index >= 15 is 0 Å². The second kappa shape index (κ2) is 4.68. The van der Waals surface area contributed by atoms with Crippen LogP contribution in [-0.4, -0.2) is 56.7 Å². The minimum atomic E-state index is -2.21. The molecular formula is C8H14BO7-. The highest BCUT2D eigenvalue weighted by atomic mass is 16.9. The molecule has 0 aliphatic carbocycles. The van der Waals surface area contributed by atoms with Gasteiger partial charge in [-0.1, -0.05) is 0 Å². The summed E-state index contributed by atoms with van der Waals surface area (Å²) in [5, 5.41) is 8.88.